The number of aliphatic hydroxyl groups is 1. The molecule has 2 aliphatic heterocycles. The summed E-state index contributed by atoms with van der Waals surface area (Å²) in [6.45, 7) is 5.61. The summed E-state index contributed by atoms with van der Waals surface area (Å²) in [6, 6.07) is 0. The zero-order chi connectivity index (χ0) is 17.9. The van der Waals surface area contributed by atoms with Gasteiger partial charge in [0.1, 0.15) is 6.10 Å². The Labute approximate surface area is 153 Å². The highest BCUT2D eigenvalue weighted by Gasteiger charge is 2.40. The first kappa shape index (κ1) is 21.1. The molecule has 0 aromatic rings. The van der Waals surface area contributed by atoms with E-state index in [9.17, 15) is 5.11 Å². The van der Waals surface area contributed by atoms with Crippen molar-refractivity contribution in [3.8, 4) is 0 Å². The molecule has 2 aliphatic rings. The fraction of sp³-hybridized carbons (Fsp3) is 1.00. The molecule has 0 aliphatic carbocycles. The van der Waals surface area contributed by atoms with Gasteiger partial charge in [-0.3, -0.25) is 0 Å². The van der Waals surface area contributed by atoms with Crippen LogP contribution in [-0.4, -0.2) is 55.6 Å². The molecule has 2 rings (SSSR count). The Hall–Kier alpha value is -0.200. The standard InChI is InChI=1S/C20H38O5/c1-3-5-6-7-8-9-14-23-20-13-12-17(25-20)16-10-11-18(24-16)19(15-21)22-4-2/h16-21H,3-15H2,1-2H3/t16-,17+,18+,19-,20?/m1/s1. The minimum absolute atomic E-state index is 0.0124. The average molecular weight is 359 g/mol. The normalized spacial score (nSPS) is 30.8. The third kappa shape index (κ3) is 7.14. The first-order valence-electron chi connectivity index (χ1n) is 10.4. The first-order valence-corrected chi connectivity index (χ1v) is 10.4. The second-order valence-corrected chi connectivity index (χ2v) is 7.29. The summed E-state index contributed by atoms with van der Waals surface area (Å²) >= 11 is 0. The fourth-order valence-electron chi connectivity index (χ4n) is 3.85. The molecule has 0 radical (unpaired) electrons. The molecule has 0 aromatic heterocycles. The SMILES string of the molecule is CCCCCCCCOC1CC[C@@H]([C@H]2CC[C@@H]([C@@H](CO)OCC)O2)O1. The van der Waals surface area contributed by atoms with Crippen LogP contribution in [0.2, 0.25) is 0 Å². The molecule has 0 amide bonds. The Morgan fingerprint density at radius 1 is 0.920 bits per heavy atom. The molecule has 2 saturated heterocycles. The Morgan fingerprint density at radius 3 is 2.40 bits per heavy atom. The molecule has 1 N–H and O–H groups in total. The van der Waals surface area contributed by atoms with E-state index in [-0.39, 0.29) is 37.3 Å². The Morgan fingerprint density at radius 2 is 1.64 bits per heavy atom. The van der Waals surface area contributed by atoms with Crippen LogP contribution >= 0.6 is 0 Å². The van der Waals surface area contributed by atoms with E-state index < -0.39 is 0 Å². The number of aliphatic hydroxyl groups excluding tert-OH is 1. The zero-order valence-electron chi connectivity index (χ0n) is 16.2. The average Bonchev–Trinajstić information content (AvgIpc) is 3.28. The van der Waals surface area contributed by atoms with E-state index in [2.05, 4.69) is 6.92 Å². The van der Waals surface area contributed by atoms with Crippen LogP contribution in [0.5, 0.6) is 0 Å². The van der Waals surface area contributed by atoms with Gasteiger partial charge in [-0.15, -0.1) is 0 Å². The van der Waals surface area contributed by atoms with Gasteiger partial charge < -0.3 is 24.1 Å². The van der Waals surface area contributed by atoms with Gasteiger partial charge in [0.05, 0.1) is 24.9 Å². The molecule has 2 heterocycles. The molecule has 5 atom stereocenters. The lowest BCUT2D eigenvalue weighted by Crippen LogP contribution is -2.35. The minimum atomic E-state index is -0.212. The van der Waals surface area contributed by atoms with Gasteiger partial charge in [-0.05, 0) is 32.6 Å². The van der Waals surface area contributed by atoms with Crippen molar-refractivity contribution in [2.45, 2.75) is 109 Å². The van der Waals surface area contributed by atoms with Gasteiger partial charge in [0, 0.05) is 19.6 Å². The first-order chi connectivity index (χ1) is 12.3. The maximum Gasteiger partial charge on any atom is 0.158 e. The van der Waals surface area contributed by atoms with Crippen LogP contribution in [0.3, 0.4) is 0 Å². The Bertz CT molecular complexity index is 338. The maximum absolute atomic E-state index is 9.44. The summed E-state index contributed by atoms with van der Waals surface area (Å²) in [5, 5.41) is 9.44. The third-order valence-electron chi connectivity index (χ3n) is 5.29. The summed E-state index contributed by atoms with van der Waals surface area (Å²) in [7, 11) is 0. The van der Waals surface area contributed by atoms with Crippen LogP contribution in [0.15, 0.2) is 0 Å². The van der Waals surface area contributed by atoms with Crippen LogP contribution in [0.4, 0.5) is 0 Å². The van der Waals surface area contributed by atoms with E-state index in [1.807, 2.05) is 6.92 Å². The molecule has 5 heteroatoms. The van der Waals surface area contributed by atoms with Crippen molar-refractivity contribution in [3.05, 3.63) is 0 Å². The summed E-state index contributed by atoms with van der Waals surface area (Å²) in [5.41, 5.74) is 0. The molecule has 0 bridgehead atoms. The van der Waals surface area contributed by atoms with Gasteiger partial charge in [-0.2, -0.15) is 0 Å². The van der Waals surface area contributed by atoms with E-state index in [1.165, 1.54) is 32.1 Å². The number of ether oxygens (including phenoxy) is 4. The lowest BCUT2D eigenvalue weighted by atomic mass is 10.1. The lowest BCUT2D eigenvalue weighted by Gasteiger charge is -2.24. The quantitative estimate of drug-likeness (QED) is 0.507. The van der Waals surface area contributed by atoms with E-state index in [0.717, 1.165) is 38.7 Å². The predicted octanol–water partition coefficient (Wildman–Crippen LogP) is 3.81. The van der Waals surface area contributed by atoms with Crippen LogP contribution in [0.1, 0.15) is 78.1 Å². The number of unbranched alkanes of at least 4 members (excludes halogenated alkanes) is 5. The Kier molecular flexibility index (Phi) is 10.3. The van der Waals surface area contributed by atoms with Gasteiger partial charge >= 0.3 is 0 Å². The molecule has 148 valence electrons. The van der Waals surface area contributed by atoms with Crippen molar-refractivity contribution in [1.29, 1.82) is 0 Å². The maximum atomic E-state index is 9.44. The minimum Gasteiger partial charge on any atom is -0.394 e. The fourth-order valence-corrected chi connectivity index (χ4v) is 3.85. The van der Waals surface area contributed by atoms with E-state index in [0.29, 0.717) is 6.61 Å². The van der Waals surface area contributed by atoms with E-state index in [4.69, 9.17) is 18.9 Å². The van der Waals surface area contributed by atoms with Crippen LogP contribution in [0, 0.1) is 0 Å². The highest BCUT2D eigenvalue weighted by molar-refractivity contribution is 4.86. The van der Waals surface area contributed by atoms with Crippen molar-refractivity contribution in [2.24, 2.45) is 0 Å². The second kappa shape index (κ2) is 12.2. The van der Waals surface area contributed by atoms with Crippen LogP contribution in [0.25, 0.3) is 0 Å². The van der Waals surface area contributed by atoms with Gasteiger partial charge in [-0.1, -0.05) is 39.0 Å². The molecule has 2 fully saturated rings. The topological polar surface area (TPSA) is 57.2 Å². The lowest BCUT2D eigenvalue weighted by molar-refractivity contribution is -0.168. The summed E-state index contributed by atoms with van der Waals surface area (Å²) in [4.78, 5) is 0. The van der Waals surface area contributed by atoms with Crippen LogP contribution in [-0.2, 0) is 18.9 Å². The number of hydrogen-bond acceptors (Lipinski definition) is 5. The monoisotopic (exact) mass is 358 g/mol. The third-order valence-corrected chi connectivity index (χ3v) is 5.29. The largest absolute Gasteiger partial charge is 0.394 e. The smallest absolute Gasteiger partial charge is 0.158 e. The van der Waals surface area contributed by atoms with Gasteiger partial charge in [0.2, 0.25) is 0 Å². The molecular weight excluding hydrogens is 320 g/mol. The van der Waals surface area contributed by atoms with Crippen molar-refractivity contribution < 1.29 is 24.1 Å². The molecule has 0 spiro atoms. The molecule has 0 saturated carbocycles. The molecule has 5 nitrogen and oxygen atoms in total. The Balaban J connectivity index is 1.58. The molecular formula is C20H38O5. The van der Waals surface area contributed by atoms with Gasteiger partial charge in [0.25, 0.3) is 0 Å². The summed E-state index contributed by atoms with van der Waals surface area (Å²) in [6.07, 6.45) is 11.5. The van der Waals surface area contributed by atoms with E-state index in [1.54, 1.807) is 0 Å². The van der Waals surface area contributed by atoms with Crippen molar-refractivity contribution >= 4 is 0 Å². The molecule has 0 aromatic carbocycles. The van der Waals surface area contributed by atoms with Gasteiger partial charge in [0.15, 0.2) is 6.29 Å². The highest BCUT2D eigenvalue weighted by atomic mass is 16.7. The van der Waals surface area contributed by atoms with Crippen LogP contribution < -0.4 is 0 Å². The zero-order valence-corrected chi connectivity index (χ0v) is 16.2. The highest BCUT2D eigenvalue weighted by Crippen LogP contribution is 2.33. The van der Waals surface area contributed by atoms with Crippen molar-refractivity contribution in [2.75, 3.05) is 19.8 Å². The summed E-state index contributed by atoms with van der Waals surface area (Å²) < 4.78 is 23.6. The van der Waals surface area contributed by atoms with Crippen molar-refractivity contribution in [3.63, 3.8) is 0 Å². The summed E-state index contributed by atoms with van der Waals surface area (Å²) in [5.74, 6) is 0. The molecule has 25 heavy (non-hydrogen) atoms. The predicted molar refractivity (Wildman–Crippen MR) is 97.6 cm³/mol. The van der Waals surface area contributed by atoms with Crippen molar-refractivity contribution in [1.82, 2.24) is 0 Å². The molecule has 1 unspecified atom stereocenters. The van der Waals surface area contributed by atoms with E-state index >= 15 is 0 Å². The van der Waals surface area contributed by atoms with Gasteiger partial charge in [-0.25, -0.2) is 0 Å². The second-order valence-electron chi connectivity index (χ2n) is 7.29. The number of hydrogen-bond donors (Lipinski definition) is 1. The number of rotatable bonds is 13.